The van der Waals surface area contributed by atoms with Crippen molar-refractivity contribution < 1.29 is 14.3 Å². The van der Waals surface area contributed by atoms with Crippen molar-refractivity contribution in [2.45, 2.75) is 19.1 Å². The third-order valence-electron chi connectivity index (χ3n) is 2.96. The summed E-state index contributed by atoms with van der Waals surface area (Å²) in [5.74, 6) is 1.83. The Labute approximate surface area is 137 Å². The number of nitrogens with one attached hydrogen (secondary N) is 1. The Morgan fingerprint density at radius 3 is 2.70 bits per heavy atom. The molecule has 2 rings (SSSR count). The average Bonchev–Trinajstić information content (AvgIpc) is 3.06. The van der Waals surface area contributed by atoms with Gasteiger partial charge in [0, 0.05) is 17.4 Å². The molecule has 0 radical (unpaired) electrons. The molecule has 3 N–H and O–H groups in total. The third kappa shape index (κ3) is 4.83. The van der Waals surface area contributed by atoms with Crippen LogP contribution in [0, 0.1) is 12.3 Å². The smallest absolute Gasteiger partial charge is 0.251 e. The Balaban J connectivity index is 1.94. The third-order valence-corrected chi connectivity index (χ3v) is 3.59. The van der Waals surface area contributed by atoms with Crippen molar-refractivity contribution in [3.05, 3.63) is 46.4 Å². The average molecular weight is 329 g/mol. The molecule has 23 heavy (non-hydrogen) atoms. The number of benzene rings is 1. The lowest BCUT2D eigenvalue weighted by Gasteiger charge is -2.13. The van der Waals surface area contributed by atoms with E-state index >= 15 is 0 Å². The van der Waals surface area contributed by atoms with Gasteiger partial charge in [0.2, 0.25) is 5.91 Å². The molecule has 1 heterocycles. The molecular weight excluding hydrogens is 314 g/mol. The van der Waals surface area contributed by atoms with Crippen LogP contribution >= 0.6 is 11.3 Å². The maximum Gasteiger partial charge on any atom is 0.251 e. The lowest BCUT2D eigenvalue weighted by Crippen LogP contribution is -2.44. The van der Waals surface area contributed by atoms with E-state index in [1.165, 1.54) is 11.3 Å². The van der Waals surface area contributed by atoms with Gasteiger partial charge >= 0.3 is 0 Å². The number of thiazole rings is 1. The molecule has 0 spiro atoms. The van der Waals surface area contributed by atoms with Gasteiger partial charge in [-0.05, 0) is 24.3 Å². The minimum atomic E-state index is -0.881. The van der Waals surface area contributed by atoms with Crippen molar-refractivity contribution in [1.82, 2.24) is 10.3 Å². The fraction of sp³-hybridized carbons (Fsp3) is 0.188. The summed E-state index contributed by atoms with van der Waals surface area (Å²) in [4.78, 5) is 27.4. The number of terminal acetylenes is 1. The summed E-state index contributed by atoms with van der Waals surface area (Å²) in [5.41, 5.74) is 8.15. The van der Waals surface area contributed by atoms with Crippen LogP contribution in [0.1, 0.15) is 22.5 Å². The van der Waals surface area contributed by atoms with Crippen LogP contribution in [0.15, 0.2) is 35.2 Å². The number of rotatable bonds is 7. The van der Waals surface area contributed by atoms with Gasteiger partial charge in [0.25, 0.3) is 5.91 Å². The van der Waals surface area contributed by atoms with Gasteiger partial charge in [0.15, 0.2) is 0 Å². The van der Waals surface area contributed by atoms with Crippen molar-refractivity contribution in [3.63, 3.8) is 0 Å². The summed E-state index contributed by atoms with van der Waals surface area (Å²) in [6.07, 6.45) is 5.20. The topological polar surface area (TPSA) is 94.3 Å². The number of carbonyl (C=O) groups excluding carboxylic acids is 2. The van der Waals surface area contributed by atoms with E-state index in [0.29, 0.717) is 17.9 Å². The number of ether oxygens (including phenoxy) is 1. The van der Waals surface area contributed by atoms with E-state index in [9.17, 15) is 9.59 Å². The van der Waals surface area contributed by atoms with Crippen LogP contribution in [0.25, 0.3) is 0 Å². The second-order valence-electron chi connectivity index (χ2n) is 4.63. The first-order valence-corrected chi connectivity index (χ1v) is 7.68. The summed E-state index contributed by atoms with van der Waals surface area (Å²) >= 11 is 1.50. The van der Waals surface area contributed by atoms with Crippen LogP contribution in [0.4, 0.5) is 0 Å². The summed E-state index contributed by atoms with van der Waals surface area (Å²) in [6.45, 7) is 0.362. The molecule has 1 aromatic carbocycles. The maximum absolute atomic E-state index is 12.1. The predicted molar refractivity (Wildman–Crippen MR) is 86.8 cm³/mol. The number of primary amides is 1. The zero-order chi connectivity index (χ0) is 16.7. The lowest BCUT2D eigenvalue weighted by atomic mass is 10.1. The van der Waals surface area contributed by atoms with Gasteiger partial charge in [0.1, 0.15) is 18.4 Å². The first kappa shape index (κ1) is 16.5. The Morgan fingerprint density at radius 2 is 2.13 bits per heavy atom. The quantitative estimate of drug-likeness (QED) is 0.749. The van der Waals surface area contributed by atoms with Crippen LogP contribution in [-0.2, 0) is 11.4 Å². The van der Waals surface area contributed by atoms with Gasteiger partial charge in [0.05, 0.1) is 11.2 Å². The van der Waals surface area contributed by atoms with E-state index in [2.05, 4.69) is 16.2 Å². The molecule has 118 valence electrons. The molecule has 1 aromatic heterocycles. The van der Waals surface area contributed by atoms with Crippen LogP contribution in [0.5, 0.6) is 5.75 Å². The van der Waals surface area contributed by atoms with E-state index in [1.54, 1.807) is 29.8 Å². The summed E-state index contributed by atoms with van der Waals surface area (Å²) in [6, 6.07) is 5.65. The van der Waals surface area contributed by atoms with Crippen molar-refractivity contribution in [2.24, 2.45) is 5.73 Å². The van der Waals surface area contributed by atoms with Gasteiger partial charge in [-0.2, -0.15) is 0 Å². The largest absolute Gasteiger partial charge is 0.487 e. The van der Waals surface area contributed by atoms with E-state index in [0.717, 1.165) is 5.69 Å². The predicted octanol–water partition coefficient (Wildman–Crippen LogP) is 1.33. The lowest BCUT2D eigenvalue weighted by molar-refractivity contribution is -0.119. The van der Waals surface area contributed by atoms with Gasteiger partial charge in [-0.3, -0.25) is 9.59 Å². The van der Waals surface area contributed by atoms with Crippen LogP contribution < -0.4 is 15.8 Å². The Hall–Kier alpha value is -2.85. The fourth-order valence-corrected chi connectivity index (χ4v) is 2.29. The van der Waals surface area contributed by atoms with E-state index < -0.39 is 17.9 Å². The summed E-state index contributed by atoms with van der Waals surface area (Å²) in [5, 5.41) is 4.40. The first-order valence-electron chi connectivity index (χ1n) is 6.73. The van der Waals surface area contributed by atoms with Crippen molar-refractivity contribution in [1.29, 1.82) is 0 Å². The number of hydrogen-bond donors (Lipinski definition) is 2. The standard InChI is InChI=1S/C16H15N3O3S/c1-2-3-14(15(17)20)19-16(21)11-4-6-13(7-5-11)22-8-12-9-23-10-18-12/h1,4-7,9-10,14H,3,8H2,(H2,17,20)(H,19,21)/t14-/m1/s1. The second-order valence-corrected chi connectivity index (χ2v) is 5.35. The highest BCUT2D eigenvalue weighted by atomic mass is 32.1. The minimum Gasteiger partial charge on any atom is -0.487 e. The Kier molecular flexibility index (Phi) is 5.72. The van der Waals surface area contributed by atoms with Gasteiger partial charge < -0.3 is 15.8 Å². The first-order chi connectivity index (χ1) is 11.1. The molecule has 0 aliphatic rings. The summed E-state index contributed by atoms with van der Waals surface area (Å²) in [7, 11) is 0. The van der Waals surface area contributed by atoms with Gasteiger partial charge in [-0.25, -0.2) is 4.98 Å². The molecule has 6 nitrogen and oxygen atoms in total. The molecular formula is C16H15N3O3S. The van der Waals surface area contributed by atoms with E-state index in [4.69, 9.17) is 16.9 Å². The highest BCUT2D eigenvalue weighted by Crippen LogP contribution is 2.14. The SMILES string of the molecule is C#CC[C@@H](NC(=O)c1ccc(OCc2cscn2)cc1)C(N)=O. The number of amides is 2. The number of aromatic nitrogens is 1. The van der Waals surface area contributed by atoms with E-state index in [1.807, 2.05) is 5.38 Å². The second kappa shape index (κ2) is 7.96. The number of carbonyl (C=O) groups is 2. The molecule has 1 atom stereocenters. The molecule has 2 aromatic rings. The number of hydrogen-bond acceptors (Lipinski definition) is 5. The molecule has 0 fully saturated rings. The zero-order valence-electron chi connectivity index (χ0n) is 12.2. The zero-order valence-corrected chi connectivity index (χ0v) is 13.0. The maximum atomic E-state index is 12.1. The molecule has 0 aliphatic heterocycles. The normalized spacial score (nSPS) is 11.3. The minimum absolute atomic E-state index is 0.0515. The van der Waals surface area contributed by atoms with Crippen molar-refractivity contribution >= 4 is 23.2 Å². The van der Waals surface area contributed by atoms with Gasteiger partial charge in [-0.1, -0.05) is 0 Å². The van der Waals surface area contributed by atoms with Crippen LogP contribution in [0.2, 0.25) is 0 Å². The highest BCUT2D eigenvalue weighted by Gasteiger charge is 2.17. The van der Waals surface area contributed by atoms with Crippen LogP contribution in [-0.4, -0.2) is 22.8 Å². The monoisotopic (exact) mass is 329 g/mol. The molecule has 0 unspecified atom stereocenters. The number of nitrogens with two attached hydrogens (primary N) is 1. The molecule has 2 amide bonds. The van der Waals surface area contributed by atoms with Gasteiger partial charge in [-0.15, -0.1) is 23.7 Å². The van der Waals surface area contributed by atoms with Crippen LogP contribution in [0.3, 0.4) is 0 Å². The molecule has 0 saturated carbocycles. The molecule has 0 saturated heterocycles. The molecule has 7 heteroatoms. The molecule has 0 bridgehead atoms. The number of nitrogens with zero attached hydrogens (tertiary/aromatic N) is 1. The van der Waals surface area contributed by atoms with Crippen molar-refractivity contribution in [3.8, 4) is 18.1 Å². The highest BCUT2D eigenvalue weighted by molar-refractivity contribution is 7.07. The Morgan fingerprint density at radius 1 is 1.39 bits per heavy atom. The molecule has 0 aliphatic carbocycles. The Bertz CT molecular complexity index is 705. The van der Waals surface area contributed by atoms with Crippen molar-refractivity contribution in [2.75, 3.05) is 0 Å². The van der Waals surface area contributed by atoms with E-state index in [-0.39, 0.29) is 6.42 Å². The summed E-state index contributed by atoms with van der Waals surface area (Å²) < 4.78 is 5.55. The fourth-order valence-electron chi connectivity index (χ4n) is 1.75.